The molecule has 0 aliphatic carbocycles. The fourth-order valence-electron chi connectivity index (χ4n) is 3.83. The van der Waals surface area contributed by atoms with Crippen molar-refractivity contribution in [3.05, 3.63) is 64.2 Å². The van der Waals surface area contributed by atoms with E-state index in [1.807, 2.05) is 12.1 Å². The lowest BCUT2D eigenvalue weighted by Crippen LogP contribution is -2.47. The van der Waals surface area contributed by atoms with Crippen molar-refractivity contribution in [3.63, 3.8) is 0 Å². The molecule has 148 valence electrons. The highest BCUT2D eigenvalue weighted by Crippen LogP contribution is 2.44. The molecule has 0 spiro atoms. The predicted molar refractivity (Wildman–Crippen MR) is 112 cm³/mol. The van der Waals surface area contributed by atoms with Crippen LogP contribution in [0.15, 0.2) is 53.1 Å². The summed E-state index contributed by atoms with van der Waals surface area (Å²) in [4.78, 5) is 16.9. The first kappa shape index (κ1) is 19.2. The molecule has 2 heterocycles. The summed E-state index contributed by atoms with van der Waals surface area (Å²) in [7, 11) is 1.48. The van der Waals surface area contributed by atoms with Crippen LogP contribution in [0.1, 0.15) is 23.5 Å². The minimum Gasteiger partial charge on any atom is -0.504 e. The third kappa shape index (κ3) is 3.40. The number of phenols is 1. The Labute approximate surface area is 174 Å². The smallest absolute Gasteiger partial charge is 0.229 e. The highest BCUT2D eigenvalue weighted by atomic mass is 32.2. The summed E-state index contributed by atoms with van der Waals surface area (Å²) < 4.78 is 5.20. The van der Waals surface area contributed by atoms with Gasteiger partial charge in [0, 0.05) is 18.0 Å². The molecular formula is C22H21N3O3S. The Hall–Kier alpha value is -3.11. The summed E-state index contributed by atoms with van der Waals surface area (Å²) in [5.74, 6) is 0.683. The average Bonchev–Trinajstić information content (AvgIpc) is 2.74. The minimum absolute atomic E-state index is 0.0122. The molecular weight excluding hydrogens is 386 g/mol. The summed E-state index contributed by atoms with van der Waals surface area (Å²) in [5, 5.41) is 20.5. The lowest BCUT2D eigenvalue weighted by atomic mass is 9.86. The summed E-state index contributed by atoms with van der Waals surface area (Å²) in [6.07, 6.45) is 0.211. The molecule has 0 saturated carbocycles. The monoisotopic (exact) mass is 407 g/mol. The average molecular weight is 407 g/mol. The first-order valence-electron chi connectivity index (χ1n) is 9.28. The van der Waals surface area contributed by atoms with E-state index in [-0.39, 0.29) is 24.0 Å². The standard InChI is InChI=1S/C22H21N3O3S/c1-14-5-3-4-6-18(14)24-12-25-21(27)10-16(17(11-23)22(25)29-13-24)15-7-8-19(26)20(9-15)28-2/h3-9,16,26H,10,12-13H2,1-2H3/t16-/m1/s1. The van der Waals surface area contributed by atoms with Crippen molar-refractivity contribution in [2.45, 2.75) is 19.3 Å². The van der Waals surface area contributed by atoms with E-state index in [4.69, 9.17) is 4.74 Å². The second-order valence-corrected chi connectivity index (χ2v) is 8.02. The van der Waals surface area contributed by atoms with E-state index in [1.165, 1.54) is 18.9 Å². The number of aromatic hydroxyl groups is 1. The fraction of sp³-hybridized carbons (Fsp3) is 0.273. The van der Waals surface area contributed by atoms with Crippen molar-refractivity contribution < 1.29 is 14.6 Å². The number of anilines is 1. The quantitative estimate of drug-likeness (QED) is 0.831. The number of aryl methyl sites for hydroxylation is 1. The maximum atomic E-state index is 13.0. The molecule has 0 aromatic heterocycles. The first-order valence-corrected chi connectivity index (χ1v) is 10.3. The van der Waals surface area contributed by atoms with Gasteiger partial charge in [-0.2, -0.15) is 5.26 Å². The Morgan fingerprint density at radius 1 is 1.28 bits per heavy atom. The number of ether oxygens (including phenoxy) is 1. The van der Waals surface area contributed by atoms with Crippen LogP contribution >= 0.6 is 11.8 Å². The van der Waals surface area contributed by atoms with Crippen LogP contribution in [0.2, 0.25) is 0 Å². The number of nitrogens with zero attached hydrogens (tertiary/aromatic N) is 3. The molecule has 0 unspecified atom stereocenters. The number of allylic oxidation sites excluding steroid dienone is 1. The Morgan fingerprint density at radius 3 is 2.79 bits per heavy atom. The largest absolute Gasteiger partial charge is 0.504 e. The number of hydrogen-bond acceptors (Lipinski definition) is 6. The third-order valence-electron chi connectivity index (χ3n) is 5.36. The maximum Gasteiger partial charge on any atom is 0.229 e. The van der Waals surface area contributed by atoms with E-state index < -0.39 is 0 Å². The van der Waals surface area contributed by atoms with E-state index in [2.05, 4.69) is 30.0 Å². The lowest BCUT2D eigenvalue weighted by molar-refractivity contribution is -0.129. The number of hydrogen-bond donors (Lipinski definition) is 1. The molecule has 1 saturated heterocycles. The van der Waals surface area contributed by atoms with Gasteiger partial charge in [0.15, 0.2) is 11.5 Å². The van der Waals surface area contributed by atoms with Crippen LogP contribution in [-0.2, 0) is 4.79 Å². The number of para-hydroxylation sites is 1. The van der Waals surface area contributed by atoms with E-state index in [0.29, 0.717) is 23.9 Å². The van der Waals surface area contributed by atoms with Crippen LogP contribution in [0, 0.1) is 18.3 Å². The van der Waals surface area contributed by atoms with Gasteiger partial charge >= 0.3 is 0 Å². The SMILES string of the molecule is COc1cc([C@H]2CC(=O)N3CN(c4ccccc4C)CSC3=C2C#N)ccc1O. The van der Waals surface area contributed by atoms with Gasteiger partial charge in [-0.1, -0.05) is 36.0 Å². The zero-order valence-electron chi connectivity index (χ0n) is 16.3. The van der Waals surface area contributed by atoms with Crippen LogP contribution in [0.4, 0.5) is 5.69 Å². The predicted octanol–water partition coefficient (Wildman–Crippen LogP) is 3.93. The molecule has 2 aromatic rings. The molecule has 7 heteroatoms. The molecule has 2 aromatic carbocycles. The number of rotatable bonds is 3. The number of carbonyl (C=O) groups excluding carboxylic acids is 1. The summed E-state index contributed by atoms with van der Waals surface area (Å²) in [5.41, 5.74) is 3.63. The van der Waals surface area contributed by atoms with Crippen molar-refractivity contribution in [2.24, 2.45) is 0 Å². The van der Waals surface area contributed by atoms with Gasteiger partial charge in [0.1, 0.15) is 0 Å². The number of methoxy groups -OCH3 is 1. The van der Waals surface area contributed by atoms with Crippen LogP contribution in [0.25, 0.3) is 0 Å². The van der Waals surface area contributed by atoms with Crippen molar-refractivity contribution >= 4 is 23.4 Å². The number of nitriles is 1. The summed E-state index contributed by atoms with van der Waals surface area (Å²) in [6, 6.07) is 15.4. The normalized spacial score (nSPS) is 19.1. The summed E-state index contributed by atoms with van der Waals surface area (Å²) in [6.45, 7) is 2.49. The second kappa shape index (κ2) is 7.72. The number of fused-ring (bicyclic) bond motifs is 1. The first-order chi connectivity index (χ1) is 14.0. The Bertz CT molecular complexity index is 1040. The van der Waals surface area contributed by atoms with Crippen molar-refractivity contribution in [3.8, 4) is 17.6 Å². The molecule has 29 heavy (non-hydrogen) atoms. The van der Waals surface area contributed by atoms with E-state index in [0.717, 1.165) is 21.8 Å². The van der Waals surface area contributed by atoms with Crippen molar-refractivity contribution in [1.82, 2.24) is 4.90 Å². The van der Waals surface area contributed by atoms with Gasteiger partial charge < -0.3 is 14.7 Å². The van der Waals surface area contributed by atoms with Gasteiger partial charge in [0.2, 0.25) is 5.91 Å². The summed E-state index contributed by atoms with van der Waals surface area (Å²) >= 11 is 1.51. The zero-order chi connectivity index (χ0) is 20.5. The van der Waals surface area contributed by atoms with E-state index >= 15 is 0 Å². The number of phenolic OH excluding ortho intramolecular Hbond substituents is 1. The van der Waals surface area contributed by atoms with E-state index in [1.54, 1.807) is 23.1 Å². The highest BCUT2D eigenvalue weighted by molar-refractivity contribution is 8.03. The molecule has 2 aliphatic heterocycles. The van der Waals surface area contributed by atoms with Gasteiger partial charge in [-0.25, -0.2) is 0 Å². The van der Waals surface area contributed by atoms with Gasteiger partial charge in [-0.05, 0) is 36.2 Å². The van der Waals surface area contributed by atoms with Crippen molar-refractivity contribution in [1.29, 1.82) is 5.26 Å². The number of benzene rings is 2. The topological polar surface area (TPSA) is 76.8 Å². The fourth-order valence-corrected chi connectivity index (χ4v) is 4.99. The number of carbonyl (C=O) groups is 1. The highest BCUT2D eigenvalue weighted by Gasteiger charge is 2.38. The van der Waals surface area contributed by atoms with Crippen LogP contribution < -0.4 is 9.64 Å². The number of amides is 1. The number of thioether (sulfide) groups is 1. The molecule has 1 amide bonds. The van der Waals surface area contributed by atoms with Crippen molar-refractivity contribution in [2.75, 3.05) is 24.6 Å². The van der Waals surface area contributed by atoms with Crippen LogP contribution in [-0.4, -0.2) is 35.6 Å². The third-order valence-corrected chi connectivity index (χ3v) is 6.51. The Morgan fingerprint density at radius 2 is 2.07 bits per heavy atom. The second-order valence-electron chi connectivity index (χ2n) is 7.08. The maximum absolute atomic E-state index is 13.0. The van der Waals surface area contributed by atoms with Gasteiger partial charge in [-0.15, -0.1) is 0 Å². The van der Waals surface area contributed by atoms with Gasteiger partial charge in [-0.3, -0.25) is 9.69 Å². The van der Waals surface area contributed by atoms with Gasteiger partial charge in [0.25, 0.3) is 0 Å². The Kier molecular flexibility index (Phi) is 5.12. The molecule has 6 nitrogen and oxygen atoms in total. The molecule has 1 fully saturated rings. The zero-order valence-corrected chi connectivity index (χ0v) is 17.1. The lowest BCUT2D eigenvalue weighted by Gasteiger charge is -2.42. The molecule has 0 radical (unpaired) electrons. The minimum atomic E-state index is -0.342. The molecule has 4 rings (SSSR count). The Balaban J connectivity index is 1.69. The van der Waals surface area contributed by atoms with Crippen LogP contribution in [0.3, 0.4) is 0 Å². The van der Waals surface area contributed by atoms with Gasteiger partial charge in [0.05, 0.1) is 36.3 Å². The molecule has 2 aliphatic rings. The van der Waals surface area contributed by atoms with E-state index in [9.17, 15) is 15.2 Å². The molecule has 1 atom stereocenters. The molecule has 0 bridgehead atoms. The molecule has 1 N–H and O–H groups in total. The van der Waals surface area contributed by atoms with Crippen LogP contribution in [0.5, 0.6) is 11.5 Å².